The molecular weight excluding hydrogens is 267 g/mol. The van der Waals surface area contributed by atoms with E-state index in [1.807, 2.05) is 42.5 Å². The monoisotopic (exact) mass is 280 g/mol. The van der Waals surface area contributed by atoms with Gasteiger partial charge < -0.3 is 4.18 Å². The van der Waals surface area contributed by atoms with Crippen LogP contribution >= 0.6 is 0 Å². The predicted octanol–water partition coefficient (Wildman–Crippen LogP) is 2.68. The summed E-state index contributed by atoms with van der Waals surface area (Å²) in [6, 6.07) is 17.3. The maximum atomic E-state index is 11.3. The summed E-state index contributed by atoms with van der Waals surface area (Å²) in [7, 11) is -3.52. The van der Waals surface area contributed by atoms with Crippen LogP contribution in [-0.2, 0) is 10.1 Å². The van der Waals surface area contributed by atoms with Crippen molar-refractivity contribution in [3.05, 3.63) is 54.6 Å². The summed E-state index contributed by atoms with van der Waals surface area (Å²) in [6.45, 7) is 0. The summed E-state index contributed by atoms with van der Waals surface area (Å²) in [4.78, 5) is 0. The maximum absolute atomic E-state index is 11.3. The van der Waals surface area contributed by atoms with Gasteiger partial charge in [-0.25, -0.2) is 0 Å². The molecule has 0 fully saturated rings. The first-order valence-electron chi connectivity index (χ1n) is 5.84. The minimum atomic E-state index is -3.52. The Morgan fingerprint density at radius 2 is 1.45 bits per heavy atom. The van der Waals surface area contributed by atoms with Crippen LogP contribution in [0.1, 0.15) is 0 Å². The molecule has 0 bridgehead atoms. The van der Waals surface area contributed by atoms with Crippen molar-refractivity contribution in [3.63, 3.8) is 0 Å². The Bertz CT molecular complexity index is 873. The summed E-state index contributed by atoms with van der Waals surface area (Å²) in [5.74, 6) is 0.366. The molecule has 3 rings (SSSR count). The molecule has 3 aromatic rings. The molecule has 0 radical (unpaired) electrons. The van der Waals surface area contributed by atoms with Gasteiger partial charge in [-0.15, -0.1) is 0 Å². The summed E-state index contributed by atoms with van der Waals surface area (Å²) < 4.78 is 27.6. The van der Waals surface area contributed by atoms with Crippen LogP contribution in [0, 0.1) is 0 Å². The minimum absolute atomic E-state index is 0. The average Bonchev–Trinajstić information content (AvgIpc) is 2.35. The number of hydrogen-bond donors (Lipinski definition) is 0. The van der Waals surface area contributed by atoms with Crippen molar-refractivity contribution in [2.45, 2.75) is 0 Å². The van der Waals surface area contributed by atoms with Crippen LogP contribution in [0.5, 0.6) is 5.75 Å². The molecule has 0 spiro atoms. The molecule has 98 valence electrons. The summed E-state index contributed by atoms with van der Waals surface area (Å²) in [6.07, 6.45) is 1.05. The third-order valence-corrected chi connectivity index (χ3v) is 3.43. The summed E-state index contributed by atoms with van der Waals surface area (Å²) >= 11 is 0. The van der Waals surface area contributed by atoms with Crippen molar-refractivity contribution < 1.29 is 12.6 Å². The zero-order valence-electron chi connectivity index (χ0n) is 10.3. The number of rotatable bonds is 2. The standard InChI is InChI=1S/C15H12O3S.Li.H/c1-19(16,17)18-15-8-4-7-13-9-11-5-2-3-6-12(11)10-14(13)15;;/h2-10H,1H3;;. The Labute approximate surface area is 129 Å². The van der Waals surface area contributed by atoms with E-state index in [2.05, 4.69) is 0 Å². The Morgan fingerprint density at radius 3 is 2.10 bits per heavy atom. The third-order valence-electron chi connectivity index (χ3n) is 2.95. The van der Waals surface area contributed by atoms with Crippen molar-refractivity contribution in [1.82, 2.24) is 0 Å². The van der Waals surface area contributed by atoms with Gasteiger partial charge >= 0.3 is 29.0 Å². The van der Waals surface area contributed by atoms with E-state index < -0.39 is 10.1 Å². The number of benzene rings is 3. The van der Waals surface area contributed by atoms with Gasteiger partial charge in [-0.1, -0.05) is 36.4 Å². The summed E-state index contributed by atoms with van der Waals surface area (Å²) in [5.41, 5.74) is 0. The normalized spacial score (nSPS) is 11.2. The molecule has 0 saturated carbocycles. The van der Waals surface area contributed by atoms with Crippen LogP contribution in [0.3, 0.4) is 0 Å². The van der Waals surface area contributed by atoms with Crippen LogP contribution in [0.25, 0.3) is 21.5 Å². The van der Waals surface area contributed by atoms with Crippen LogP contribution in [0.4, 0.5) is 0 Å². The molecule has 0 atom stereocenters. The molecule has 0 saturated heterocycles. The Kier molecular flexibility index (Phi) is 4.10. The fourth-order valence-corrected chi connectivity index (χ4v) is 2.65. The molecule has 20 heavy (non-hydrogen) atoms. The molecule has 3 aromatic carbocycles. The van der Waals surface area contributed by atoms with E-state index >= 15 is 0 Å². The summed E-state index contributed by atoms with van der Waals surface area (Å²) in [5, 5.41) is 3.93. The molecule has 5 heteroatoms. The second-order valence-electron chi connectivity index (χ2n) is 4.46. The van der Waals surface area contributed by atoms with Gasteiger partial charge in [0.1, 0.15) is 5.75 Å². The first-order chi connectivity index (χ1) is 9.03. The Morgan fingerprint density at radius 1 is 0.850 bits per heavy atom. The molecule has 0 aliphatic rings. The van der Waals surface area contributed by atoms with Crippen molar-refractivity contribution in [1.29, 1.82) is 0 Å². The second-order valence-corrected chi connectivity index (χ2v) is 6.04. The fraction of sp³-hybridized carbons (Fsp3) is 0.0667. The van der Waals surface area contributed by atoms with Gasteiger partial charge in [-0.2, -0.15) is 8.42 Å². The van der Waals surface area contributed by atoms with Crippen LogP contribution in [0.2, 0.25) is 0 Å². The molecule has 0 N–H and O–H groups in total. The quantitative estimate of drug-likeness (QED) is 0.412. The van der Waals surface area contributed by atoms with Gasteiger partial charge in [0.15, 0.2) is 0 Å². The molecule has 0 heterocycles. The molecule has 0 amide bonds. The molecular formula is C15H13LiO3S. The first kappa shape index (κ1) is 14.9. The fourth-order valence-electron chi connectivity index (χ4n) is 2.17. The first-order valence-corrected chi connectivity index (χ1v) is 7.65. The van der Waals surface area contributed by atoms with Gasteiger partial charge in [-0.05, 0) is 34.4 Å². The molecule has 0 aromatic heterocycles. The van der Waals surface area contributed by atoms with Crippen molar-refractivity contribution >= 4 is 50.5 Å². The molecule has 3 nitrogen and oxygen atoms in total. The van der Waals surface area contributed by atoms with Gasteiger partial charge in [0.25, 0.3) is 0 Å². The van der Waals surface area contributed by atoms with E-state index in [1.54, 1.807) is 12.1 Å². The molecule has 0 aliphatic heterocycles. The topological polar surface area (TPSA) is 43.4 Å². The van der Waals surface area contributed by atoms with Crippen LogP contribution < -0.4 is 4.18 Å². The zero-order valence-corrected chi connectivity index (χ0v) is 11.1. The second kappa shape index (κ2) is 5.49. The SMILES string of the molecule is CS(=O)(=O)Oc1cccc2cc3ccccc3cc12.[LiH]. The Balaban J connectivity index is 0.00000147. The van der Waals surface area contributed by atoms with E-state index in [0.29, 0.717) is 5.75 Å². The zero-order chi connectivity index (χ0) is 13.5. The molecule has 0 unspecified atom stereocenters. The van der Waals surface area contributed by atoms with E-state index in [-0.39, 0.29) is 18.9 Å². The van der Waals surface area contributed by atoms with Crippen molar-refractivity contribution in [3.8, 4) is 5.75 Å². The van der Waals surface area contributed by atoms with E-state index in [9.17, 15) is 8.42 Å². The van der Waals surface area contributed by atoms with Gasteiger partial charge in [0.05, 0.1) is 6.26 Å². The Hall–Kier alpha value is -1.47. The average molecular weight is 280 g/mol. The van der Waals surface area contributed by atoms with Gasteiger partial charge in [0, 0.05) is 5.39 Å². The van der Waals surface area contributed by atoms with Gasteiger partial charge in [0.2, 0.25) is 0 Å². The van der Waals surface area contributed by atoms with Crippen LogP contribution in [0.15, 0.2) is 54.6 Å². The molecule has 0 aliphatic carbocycles. The van der Waals surface area contributed by atoms with E-state index in [0.717, 1.165) is 27.8 Å². The number of hydrogen-bond acceptors (Lipinski definition) is 3. The predicted molar refractivity (Wildman–Crippen MR) is 84.1 cm³/mol. The van der Waals surface area contributed by atoms with Gasteiger partial charge in [-0.3, -0.25) is 0 Å². The van der Waals surface area contributed by atoms with Crippen molar-refractivity contribution in [2.24, 2.45) is 0 Å². The van der Waals surface area contributed by atoms with Crippen molar-refractivity contribution in [2.75, 3.05) is 6.26 Å². The van der Waals surface area contributed by atoms with E-state index in [1.165, 1.54) is 0 Å². The van der Waals surface area contributed by atoms with E-state index in [4.69, 9.17) is 4.18 Å². The third kappa shape index (κ3) is 2.99. The number of fused-ring (bicyclic) bond motifs is 2. The van der Waals surface area contributed by atoms with Crippen LogP contribution in [-0.4, -0.2) is 33.5 Å².